The molecule has 4 heteroatoms. The summed E-state index contributed by atoms with van der Waals surface area (Å²) in [4.78, 5) is 16.2. The molecule has 0 fully saturated rings. The minimum absolute atomic E-state index is 0.0339. The number of hydrogen-bond acceptors (Lipinski definition) is 3. The second-order valence-electron chi connectivity index (χ2n) is 4.37. The van der Waals surface area contributed by atoms with E-state index < -0.39 is 0 Å². The Morgan fingerprint density at radius 1 is 1.35 bits per heavy atom. The molecule has 0 N–H and O–H groups in total. The predicted octanol–water partition coefficient (Wildman–Crippen LogP) is 1.72. The molecule has 1 aliphatic carbocycles. The maximum Gasteiger partial charge on any atom is 0.168 e. The lowest BCUT2D eigenvalue weighted by Gasteiger charge is -2.22. The van der Waals surface area contributed by atoms with Crippen molar-refractivity contribution in [1.29, 1.82) is 0 Å². The number of nitrogens with zero attached hydrogens (tertiary/aromatic N) is 3. The van der Waals surface area contributed by atoms with E-state index >= 15 is 0 Å². The molecule has 4 nitrogen and oxygen atoms in total. The van der Waals surface area contributed by atoms with Gasteiger partial charge < -0.3 is 0 Å². The Hall–Kier alpha value is -1.97. The van der Waals surface area contributed by atoms with Gasteiger partial charge in [0, 0.05) is 11.5 Å². The highest BCUT2D eigenvalue weighted by Gasteiger charge is 2.27. The fourth-order valence-corrected chi connectivity index (χ4v) is 2.39. The molecule has 1 aromatic carbocycles. The van der Waals surface area contributed by atoms with Crippen molar-refractivity contribution < 1.29 is 4.79 Å². The van der Waals surface area contributed by atoms with Crippen molar-refractivity contribution in [3.05, 3.63) is 48.0 Å². The second-order valence-corrected chi connectivity index (χ2v) is 4.37. The minimum atomic E-state index is 0.0339. The van der Waals surface area contributed by atoms with Gasteiger partial charge in [-0.05, 0) is 18.4 Å². The number of aromatic nitrogens is 3. The van der Waals surface area contributed by atoms with Gasteiger partial charge in [-0.1, -0.05) is 24.3 Å². The van der Waals surface area contributed by atoms with Crippen LogP contribution in [0.1, 0.15) is 22.3 Å². The first-order chi connectivity index (χ1) is 8.34. The van der Waals surface area contributed by atoms with E-state index in [-0.39, 0.29) is 11.7 Å². The van der Waals surface area contributed by atoms with Crippen LogP contribution in [0.5, 0.6) is 0 Å². The van der Waals surface area contributed by atoms with Gasteiger partial charge in [0.2, 0.25) is 0 Å². The Kier molecular flexibility index (Phi) is 2.48. The number of carbonyl (C=O) groups excluding carboxylic acids is 1. The summed E-state index contributed by atoms with van der Waals surface area (Å²) in [6, 6.07) is 7.88. The molecular formula is C13H13N3O. The number of aryl methyl sites for hydroxylation is 1. The highest BCUT2D eigenvalue weighted by Crippen LogP contribution is 2.26. The molecular weight excluding hydrogens is 214 g/mol. The number of carbonyl (C=O) groups is 1. The lowest BCUT2D eigenvalue weighted by atomic mass is 9.83. The summed E-state index contributed by atoms with van der Waals surface area (Å²) >= 11 is 0. The number of fused-ring (bicyclic) bond motifs is 1. The molecule has 3 rings (SSSR count). The maximum atomic E-state index is 12.3. The molecule has 86 valence electrons. The SMILES string of the molecule is O=C1c2ccccc2CCC1Cn1cncn1. The van der Waals surface area contributed by atoms with Gasteiger partial charge in [0.25, 0.3) is 0 Å². The van der Waals surface area contributed by atoms with Crippen LogP contribution < -0.4 is 0 Å². The average molecular weight is 227 g/mol. The summed E-state index contributed by atoms with van der Waals surface area (Å²) in [5.74, 6) is 0.272. The molecule has 1 atom stereocenters. The van der Waals surface area contributed by atoms with Gasteiger partial charge >= 0.3 is 0 Å². The Labute approximate surface area is 99.3 Å². The minimum Gasteiger partial charge on any atom is -0.294 e. The number of Topliss-reactive ketones (excluding diaryl/α,β-unsaturated/α-hetero) is 1. The van der Waals surface area contributed by atoms with Crippen LogP contribution in [0, 0.1) is 5.92 Å². The van der Waals surface area contributed by atoms with Crippen molar-refractivity contribution in [1.82, 2.24) is 14.8 Å². The summed E-state index contributed by atoms with van der Waals surface area (Å²) < 4.78 is 1.73. The molecule has 0 saturated heterocycles. The lowest BCUT2D eigenvalue weighted by Crippen LogP contribution is -2.26. The number of hydrogen-bond donors (Lipinski definition) is 0. The normalized spacial score (nSPS) is 19.1. The third-order valence-electron chi connectivity index (χ3n) is 3.29. The maximum absolute atomic E-state index is 12.3. The van der Waals surface area contributed by atoms with Crippen LogP contribution in [0.3, 0.4) is 0 Å². The Bertz CT molecular complexity index is 533. The smallest absolute Gasteiger partial charge is 0.168 e. The molecule has 0 saturated carbocycles. The topological polar surface area (TPSA) is 47.8 Å². The molecule has 1 heterocycles. The molecule has 2 aromatic rings. The quantitative estimate of drug-likeness (QED) is 0.784. The Morgan fingerprint density at radius 3 is 3.06 bits per heavy atom. The Balaban J connectivity index is 1.84. The summed E-state index contributed by atoms with van der Waals surface area (Å²) in [7, 11) is 0. The first kappa shape index (κ1) is 10.2. The van der Waals surface area contributed by atoms with E-state index in [1.807, 2.05) is 24.3 Å². The largest absolute Gasteiger partial charge is 0.294 e. The number of ketones is 1. The van der Waals surface area contributed by atoms with Crippen LogP contribution in [-0.2, 0) is 13.0 Å². The third kappa shape index (κ3) is 1.86. The zero-order valence-electron chi connectivity index (χ0n) is 9.41. The fraction of sp³-hybridized carbons (Fsp3) is 0.308. The van der Waals surface area contributed by atoms with Gasteiger partial charge in [-0.2, -0.15) is 5.10 Å². The molecule has 0 spiro atoms. The Morgan fingerprint density at radius 2 is 2.24 bits per heavy atom. The van der Waals surface area contributed by atoms with Crippen molar-refractivity contribution in [2.24, 2.45) is 5.92 Å². The monoisotopic (exact) mass is 227 g/mol. The fourth-order valence-electron chi connectivity index (χ4n) is 2.39. The van der Waals surface area contributed by atoms with E-state index in [0.29, 0.717) is 6.54 Å². The first-order valence-corrected chi connectivity index (χ1v) is 5.79. The average Bonchev–Trinajstić information content (AvgIpc) is 2.86. The molecule has 0 aliphatic heterocycles. The van der Waals surface area contributed by atoms with Crippen LogP contribution in [0.15, 0.2) is 36.9 Å². The van der Waals surface area contributed by atoms with Crippen molar-refractivity contribution >= 4 is 5.78 Å². The van der Waals surface area contributed by atoms with E-state index in [9.17, 15) is 4.79 Å². The summed E-state index contributed by atoms with van der Waals surface area (Å²) in [6.07, 6.45) is 5.03. The summed E-state index contributed by atoms with van der Waals surface area (Å²) in [5, 5.41) is 4.05. The summed E-state index contributed by atoms with van der Waals surface area (Å²) in [5.41, 5.74) is 2.05. The molecule has 0 amide bonds. The van der Waals surface area contributed by atoms with Gasteiger partial charge in [0.15, 0.2) is 5.78 Å². The molecule has 17 heavy (non-hydrogen) atoms. The first-order valence-electron chi connectivity index (χ1n) is 5.79. The van der Waals surface area contributed by atoms with E-state index in [0.717, 1.165) is 18.4 Å². The van der Waals surface area contributed by atoms with Gasteiger partial charge in [0.1, 0.15) is 12.7 Å². The molecule has 1 aromatic heterocycles. The number of benzene rings is 1. The van der Waals surface area contributed by atoms with Crippen LogP contribution in [0.2, 0.25) is 0 Å². The van der Waals surface area contributed by atoms with E-state index in [1.54, 1.807) is 11.0 Å². The zero-order chi connectivity index (χ0) is 11.7. The van der Waals surface area contributed by atoms with Gasteiger partial charge in [-0.15, -0.1) is 0 Å². The van der Waals surface area contributed by atoms with Crippen LogP contribution in [0.25, 0.3) is 0 Å². The van der Waals surface area contributed by atoms with E-state index in [1.165, 1.54) is 11.9 Å². The van der Waals surface area contributed by atoms with Crippen molar-refractivity contribution in [3.63, 3.8) is 0 Å². The summed E-state index contributed by atoms with van der Waals surface area (Å²) in [6.45, 7) is 0.632. The van der Waals surface area contributed by atoms with Crippen LogP contribution in [0.4, 0.5) is 0 Å². The standard InChI is InChI=1S/C13H13N3O/c17-13-11(7-16-9-14-8-15-16)6-5-10-3-1-2-4-12(10)13/h1-4,8-9,11H,5-7H2. The van der Waals surface area contributed by atoms with E-state index in [4.69, 9.17) is 0 Å². The zero-order valence-corrected chi connectivity index (χ0v) is 9.41. The molecule has 1 aliphatic rings. The lowest BCUT2D eigenvalue weighted by molar-refractivity contribution is 0.0884. The third-order valence-corrected chi connectivity index (χ3v) is 3.29. The molecule has 0 radical (unpaired) electrons. The highest BCUT2D eigenvalue weighted by molar-refractivity contribution is 6.00. The predicted molar refractivity (Wildman–Crippen MR) is 62.6 cm³/mol. The second kappa shape index (κ2) is 4.13. The van der Waals surface area contributed by atoms with Crippen molar-refractivity contribution in [2.45, 2.75) is 19.4 Å². The van der Waals surface area contributed by atoms with Crippen molar-refractivity contribution in [2.75, 3.05) is 0 Å². The molecule has 0 bridgehead atoms. The highest BCUT2D eigenvalue weighted by atomic mass is 16.1. The van der Waals surface area contributed by atoms with E-state index in [2.05, 4.69) is 10.1 Å². The van der Waals surface area contributed by atoms with Crippen molar-refractivity contribution in [3.8, 4) is 0 Å². The van der Waals surface area contributed by atoms with Gasteiger partial charge in [-0.3, -0.25) is 9.48 Å². The number of rotatable bonds is 2. The van der Waals surface area contributed by atoms with Gasteiger partial charge in [-0.25, -0.2) is 4.98 Å². The van der Waals surface area contributed by atoms with Crippen LogP contribution >= 0.6 is 0 Å². The van der Waals surface area contributed by atoms with Gasteiger partial charge in [0.05, 0.1) is 6.54 Å². The van der Waals surface area contributed by atoms with Crippen LogP contribution in [-0.4, -0.2) is 20.5 Å². The molecule has 1 unspecified atom stereocenters.